The Labute approximate surface area is 80.5 Å². The maximum Gasteiger partial charge on any atom is 0.222 e. The summed E-state index contributed by atoms with van der Waals surface area (Å²) < 4.78 is 0. The summed E-state index contributed by atoms with van der Waals surface area (Å²) in [5.41, 5.74) is 0. The first-order valence-corrected chi connectivity index (χ1v) is 5.22. The highest BCUT2D eigenvalue weighted by atomic mass is 16.2. The van der Waals surface area contributed by atoms with E-state index < -0.39 is 0 Å². The molecule has 0 aromatic carbocycles. The first-order chi connectivity index (χ1) is 6.25. The number of rotatable bonds is 3. The SMILES string of the molecule is CCCC(=O)N(C)C1CCCNC1. The minimum Gasteiger partial charge on any atom is -0.342 e. The second-order valence-corrected chi connectivity index (χ2v) is 3.75. The lowest BCUT2D eigenvalue weighted by Crippen LogP contribution is -2.46. The molecule has 0 aliphatic carbocycles. The van der Waals surface area contributed by atoms with Crippen molar-refractivity contribution in [2.24, 2.45) is 0 Å². The van der Waals surface area contributed by atoms with Gasteiger partial charge in [0.25, 0.3) is 0 Å². The fourth-order valence-corrected chi connectivity index (χ4v) is 1.76. The first-order valence-electron chi connectivity index (χ1n) is 5.22. The smallest absolute Gasteiger partial charge is 0.222 e. The van der Waals surface area contributed by atoms with E-state index in [9.17, 15) is 4.79 Å². The van der Waals surface area contributed by atoms with Gasteiger partial charge in [-0.3, -0.25) is 4.79 Å². The van der Waals surface area contributed by atoms with Crippen molar-refractivity contribution in [2.45, 2.75) is 38.6 Å². The Morgan fingerprint density at radius 1 is 1.62 bits per heavy atom. The second-order valence-electron chi connectivity index (χ2n) is 3.75. The van der Waals surface area contributed by atoms with Crippen molar-refractivity contribution in [3.05, 3.63) is 0 Å². The Morgan fingerprint density at radius 2 is 2.38 bits per heavy atom. The number of piperidine rings is 1. The summed E-state index contributed by atoms with van der Waals surface area (Å²) in [6.07, 6.45) is 3.98. The molecule has 0 aromatic rings. The van der Waals surface area contributed by atoms with E-state index in [0.717, 1.165) is 25.9 Å². The molecule has 1 heterocycles. The highest BCUT2D eigenvalue weighted by Crippen LogP contribution is 2.09. The highest BCUT2D eigenvalue weighted by Gasteiger charge is 2.20. The topological polar surface area (TPSA) is 32.3 Å². The van der Waals surface area contributed by atoms with Crippen LogP contribution in [0.4, 0.5) is 0 Å². The van der Waals surface area contributed by atoms with Gasteiger partial charge >= 0.3 is 0 Å². The lowest BCUT2D eigenvalue weighted by Gasteiger charge is -2.31. The van der Waals surface area contributed by atoms with Gasteiger partial charge in [-0.1, -0.05) is 6.92 Å². The van der Waals surface area contributed by atoms with Gasteiger partial charge in [0.2, 0.25) is 5.91 Å². The monoisotopic (exact) mass is 184 g/mol. The van der Waals surface area contributed by atoms with Crippen molar-refractivity contribution in [1.82, 2.24) is 10.2 Å². The molecule has 0 aromatic heterocycles. The molecule has 1 aliphatic rings. The van der Waals surface area contributed by atoms with E-state index in [1.807, 2.05) is 18.9 Å². The van der Waals surface area contributed by atoms with Crippen molar-refractivity contribution in [3.63, 3.8) is 0 Å². The van der Waals surface area contributed by atoms with E-state index in [-0.39, 0.29) is 5.91 Å². The predicted octanol–water partition coefficient (Wildman–Crippen LogP) is 0.997. The number of nitrogens with zero attached hydrogens (tertiary/aromatic N) is 1. The lowest BCUT2D eigenvalue weighted by atomic mass is 10.1. The van der Waals surface area contributed by atoms with Crippen LogP contribution in [0.3, 0.4) is 0 Å². The van der Waals surface area contributed by atoms with Crippen LogP contribution in [0.5, 0.6) is 0 Å². The van der Waals surface area contributed by atoms with Gasteiger partial charge in [-0.05, 0) is 25.8 Å². The number of hydrogen-bond acceptors (Lipinski definition) is 2. The van der Waals surface area contributed by atoms with E-state index in [2.05, 4.69) is 5.32 Å². The van der Waals surface area contributed by atoms with Gasteiger partial charge in [-0.15, -0.1) is 0 Å². The van der Waals surface area contributed by atoms with Crippen molar-refractivity contribution in [1.29, 1.82) is 0 Å². The quantitative estimate of drug-likeness (QED) is 0.709. The van der Waals surface area contributed by atoms with E-state index >= 15 is 0 Å². The van der Waals surface area contributed by atoms with Crippen LogP contribution < -0.4 is 5.32 Å². The van der Waals surface area contributed by atoms with Crippen molar-refractivity contribution >= 4 is 5.91 Å². The van der Waals surface area contributed by atoms with Crippen LogP contribution in [0.2, 0.25) is 0 Å². The average molecular weight is 184 g/mol. The maximum atomic E-state index is 11.5. The molecule has 0 bridgehead atoms. The number of nitrogens with one attached hydrogen (secondary N) is 1. The normalized spacial score (nSPS) is 22.8. The standard InChI is InChI=1S/C10H20N2O/c1-3-5-10(13)12(2)9-6-4-7-11-8-9/h9,11H,3-8H2,1-2H3. The predicted molar refractivity (Wildman–Crippen MR) is 53.6 cm³/mol. The summed E-state index contributed by atoms with van der Waals surface area (Å²) in [5.74, 6) is 0.288. The van der Waals surface area contributed by atoms with Gasteiger partial charge in [0, 0.05) is 26.1 Å². The molecule has 76 valence electrons. The third kappa shape index (κ3) is 2.99. The molecule has 1 saturated heterocycles. The van der Waals surface area contributed by atoms with Crippen LogP contribution in [0, 0.1) is 0 Å². The molecule has 0 radical (unpaired) electrons. The van der Waals surface area contributed by atoms with Crippen molar-refractivity contribution < 1.29 is 4.79 Å². The number of hydrogen-bond donors (Lipinski definition) is 1. The van der Waals surface area contributed by atoms with Crippen LogP contribution in [-0.4, -0.2) is 37.0 Å². The Balaban J connectivity index is 2.35. The zero-order chi connectivity index (χ0) is 9.68. The fourth-order valence-electron chi connectivity index (χ4n) is 1.76. The summed E-state index contributed by atoms with van der Waals surface area (Å²) in [4.78, 5) is 13.5. The summed E-state index contributed by atoms with van der Waals surface area (Å²) in [5, 5.41) is 3.32. The van der Waals surface area contributed by atoms with Crippen molar-refractivity contribution in [3.8, 4) is 0 Å². The number of carbonyl (C=O) groups is 1. The van der Waals surface area contributed by atoms with Crippen LogP contribution >= 0.6 is 0 Å². The number of amides is 1. The molecule has 1 aliphatic heterocycles. The largest absolute Gasteiger partial charge is 0.342 e. The second kappa shape index (κ2) is 5.22. The lowest BCUT2D eigenvalue weighted by molar-refractivity contribution is -0.132. The maximum absolute atomic E-state index is 11.5. The molecule has 1 amide bonds. The molecule has 3 nitrogen and oxygen atoms in total. The number of carbonyl (C=O) groups excluding carboxylic acids is 1. The molecule has 13 heavy (non-hydrogen) atoms. The molecular formula is C10H20N2O. The zero-order valence-corrected chi connectivity index (χ0v) is 8.68. The van der Waals surface area contributed by atoms with E-state index in [1.165, 1.54) is 6.42 Å². The molecule has 1 rings (SSSR count). The number of likely N-dealkylation sites (N-methyl/N-ethyl adjacent to an activating group) is 1. The Hall–Kier alpha value is -0.570. The molecule has 1 unspecified atom stereocenters. The summed E-state index contributed by atoms with van der Waals surface area (Å²) >= 11 is 0. The van der Waals surface area contributed by atoms with E-state index in [4.69, 9.17) is 0 Å². The third-order valence-corrected chi connectivity index (χ3v) is 2.68. The third-order valence-electron chi connectivity index (χ3n) is 2.68. The van der Waals surface area contributed by atoms with Crippen molar-refractivity contribution in [2.75, 3.05) is 20.1 Å². The Bertz CT molecular complexity index is 164. The minimum absolute atomic E-state index is 0.288. The molecule has 1 atom stereocenters. The fraction of sp³-hybridized carbons (Fsp3) is 0.900. The van der Waals surface area contributed by atoms with E-state index in [0.29, 0.717) is 12.5 Å². The Morgan fingerprint density at radius 3 is 2.92 bits per heavy atom. The molecule has 1 N–H and O–H groups in total. The molecule has 3 heteroatoms. The zero-order valence-electron chi connectivity index (χ0n) is 8.68. The molecule has 0 spiro atoms. The van der Waals surface area contributed by atoms with Crippen LogP contribution in [0.1, 0.15) is 32.6 Å². The Kier molecular flexibility index (Phi) is 4.22. The molecule has 0 saturated carbocycles. The molecular weight excluding hydrogens is 164 g/mol. The minimum atomic E-state index is 0.288. The first kappa shape index (κ1) is 10.5. The molecule has 1 fully saturated rings. The highest BCUT2D eigenvalue weighted by molar-refractivity contribution is 5.76. The van der Waals surface area contributed by atoms with E-state index in [1.54, 1.807) is 0 Å². The van der Waals surface area contributed by atoms with Gasteiger partial charge in [0.05, 0.1) is 0 Å². The summed E-state index contributed by atoms with van der Waals surface area (Å²) in [6, 6.07) is 0.424. The van der Waals surface area contributed by atoms with Gasteiger partial charge < -0.3 is 10.2 Å². The summed E-state index contributed by atoms with van der Waals surface area (Å²) in [7, 11) is 1.93. The van der Waals surface area contributed by atoms with Crippen LogP contribution in [0.25, 0.3) is 0 Å². The van der Waals surface area contributed by atoms with Crippen LogP contribution in [0.15, 0.2) is 0 Å². The summed E-state index contributed by atoms with van der Waals surface area (Å²) in [6.45, 7) is 4.11. The van der Waals surface area contributed by atoms with Gasteiger partial charge in [-0.2, -0.15) is 0 Å². The van der Waals surface area contributed by atoms with Gasteiger partial charge in [-0.25, -0.2) is 0 Å². The van der Waals surface area contributed by atoms with Gasteiger partial charge in [0.1, 0.15) is 0 Å². The van der Waals surface area contributed by atoms with Gasteiger partial charge in [0.15, 0.2) is 0 Å². The van der Waals surface area contributed by atoms with Crippen LogP contribution in [-0.2, 0) is 4.79 Å². The average Bonchev–Trinajstić information content (AvgIpc) is 2.18.